The van der Waals surface area contributed by atoms with E-state index in [1.807, 2.05) is 0 Å². The standard InChI is InChI=1S/C16H26N4O2/c1-12-6-2-4-10-20(12)11-5-3-9-18-16(22)14-8-7-13(19-14)15(17)21/h7-8,12,19H,2-6,9-11H2,1H3,(H2,17,21)(H,18,22)/t12-/m0/s1. The largest absolute Gasteiger partial charge is 0.364 e. The number of rotatable bonds is 7. The topological polar surface area (TPSA) is 91.2 Å². The summed E-state index contributed by atoms with van der Waals surface area (Å²) in [6.07, 6.45) is 5.99. The number of amides is 2. The molecular weight excluding hydrogens is 280 g/mol. The van der Waals surface area contributed by atoms with Crippen LogP contribution in [0.3, 0.4) is 0 Å². The molecule has 122 valence electrons. The molecule has 1 aromatic rings. The van der Waals surface area contributed by atoms with E-state index in [-0.39, 0.29) is 11.6 Å². The number of nitrogens with zero attached hydrogens (tertiary/aromatic N) is 1. The molecule has 0 aliphatic carbocycles. The minimum Gasteiger partial charge on any atom is -0.364 e. The molecule has 0 spiro atoms. The van der Waals surface area contributed by atoms with Gasteiger partial charge in [0.05, 0.1) is 0 Å². The van der Waals surface area contributed by atoms with E-state index >= 15 is 0 Å². The Hall–Kier alpha value is -1.82. The molecule has 1 aliphatic heterocycles. The summed E-state index contributed by atoms with van der Waals surface area (Å²) >= 11 is 0. The fraction of sp³-hybridized carbons (Fsp3) is 0.625. The molecule has 0 radical (unpaired) electrons. The number of aromatic amines is 1. The molecule has 1 atom stereocenters. The van der Waals surface area contributed by atoms with Gasteiger partial charge in [-0.15, -0.1) is 0 Å². The van der Waals surface area contributed by atoms with Crippen LogP contribution >= 0.6 is 0 Å². The molecule has 1 saturated heterocycles. The third-order valence-corrected chi connectivity index (χ3v) is 4.29. The zero-order valence-electron chi connectivity index (χ0n) is 13.2. The third-order valence-electron chi connectivity index (χ3n) is 4.29. The SMILES string of the molecule is C[C@H]1CCCCN1CCCCNC(=O)c1ccc(C(N)=O)[nH]1. The molecule has 1 aliphatic rings. The Bertz CT molecular complexity index is 512. The number of piperidine rings is 1. The van der Waals surface area contributed by atoms with Crippen molar-refractivity contribution >= 4 is 11.8 Å². The van der Waals surface area contributed by atoms with Crippen molar-refractivity contribution in [1.82, 2.24) is 15.2 Å². The van der Waals surface area contributed by atoms with Crippen LogP contribution in [0.2, 0.25) is 0 Å². The number of likely N-dealkylation sites (tertiary alicyclic amines) is 1. The summed E-state index contributed by atoms with van der Waals surface area (Å²) in [7, 11) is 0. The average molecular weight is 306 g/mol. The fourth-order valence-electron chi connectivity index (χ4n) is 2.90. The van der Waals surface area contributed by atoms with Crippen LogP contribution in [0.25, 0.3) is 0 Å². The van der Waals surface area contributed by atoms with Crippen molar-refractivity contribution in [2.75, 3.05) is 19.6 Å². The van der Waals surface area contributed by atoms with Crippen molar-refractivity contribution in [1.29, 1.82) is 0 Å². The molecule has 0 saturated carbocycles. The van der Waals surface area contributed by atoms with Crippen LogP contribution in [0, 0.1) is 0 Å². The molecular formula is C16H26N4O2. The first-order valence-electron chi connectivity index (χ1n) is 8.09. The molecule has 1 aromatic heterocycles. The number of primary amides is 1. The summed E-state index contributed by atoms with van der Waals surface area (Å²) in [6.45, 7) is 5.24. The zero-order valence-corrected chi connectivity index (χ0v) is 13.2. The van der Waals surface area contributed by atoms with E-state index in [2.05, 4.69) is 22.1 Å². The van der Waals surface area contributed by atoms with Gasteiger partial charge in [0.25, 0.3) is 11.8 Å². The molecule has 2 heterocycles. The lowest BCUT2D eigenvalue weighted by molar-refractivity contribution is 0.0947. The number of hydrogen-bond acceptors (Lipinski definition) is 3. The van der Waals surface area contributed by atoms with Gasteiger partial charge >= 0.3 is 0 Å². The third kappa shape index (κ3) is 4.59. The molecule has 6 nitrogen and oxygen atoms in total. The second kappa shape index (κ2) is 7.98. The van der Waals surface area contributed by atoms with Gasteiger partial charge in [-0.2, -0.15) is 0 Å². The molecule has 1 fully saturated rings. The van der Waals surface area contributed by atoms with Crippen LogP contribution in [-0.2, 0) is 0 Å². The maximum atomic E-state index is 11.9. The molecule has 2 rings (SSSR count). The van der Waals surface area contributed by atoms with Gasteiger partial charge in [0.15, 0.2) is 0 Å². The Morgan fingerprint density at radius 3 is 2.77 bits per heavy atom. The number of H-pyrrole nitrogens is 1. The van der Waals surface area contributed by atoms with Gasteiger partial charge in [0.2, 0.25) is 0 Å². The van der Waals surface area contributed by atoms with Crippen LogP contribution in [0.15, 0.2) is 12.1 Å². The minimum absolute atomic E-state index is 0.196. The smallest absolute Gasteiger partial charge is 0.267 e. The highest BCUT2D eigenvalue weighted by atomic mass is 16.2. The zero-order chi connectivity index (χ0) is 15.9. The number of hydrogen-bond donors (Lipinski definition) is 3. The van der Waals surface area contributed by atoms with Crippen LogP contribution in [0.1, 0.15) is 60.0 Å². The van der Waals surface area contributed by atoms with E-state index in [9.17, 15) is 9.59 Å². The Kier molecular flexibility index (Phi) is 6.00. The van der Waals surface area contributed by atoms with Gasteiger partial charge in [-0.25, -0.2) is 0 Å². The predicted molar refractivity (Wildman–Crippen MR) is 85.8 cm³/mol. The molecule has 4 N–H and O–H groups in total. The summed E-state index contributed by atoms with van der Waals surface area (Å²) in [4.78, 5) is 28.1. The molecule has 2 amide bonds. The van der Waals surface area contributed by atoms with Crippen molar-refractivity contribution in [3.63, 3.8) is 0 Å². The molecule has 0 bridgehead atoms. The van der Waals surface area contributed by atoms with Crippen LogP contribution in [0.5, 0.6) is 0 Å². The van der Waals surface area contributed by atoms with Crippen molar-refractivity contribution < 1.29 is 9.59 Å². The Morgan fingerprint density at radius 1 is 1.32 bits per heavy atom. The Balaban J connectivity index is 1.63. The van der Waals surface area contributed by atoms with Gasteiger partial charge < -0.3 is 20.9 Å². The maximum Gasteiger partial charge on any atom is 0.267 e. The maximum absolute atomic E-state index is 11.9. The molecule has 0 unspecified atom stereocenters. The van der Waals surface area contributed by atoms with Crippen molar-refractivity contribution in [3.8, 4) is 0 Å². The first-order chi connectivity index (χ1) is 10.6. The Labute approximate surface area is 131 Å². The van der Waals surface area contributed by atoms with E-state index in [0.717, 1.165) is 19.4 Å². The number of carbonyl (C=O) groups excluding carboxylic acids is 2. The van der Waals surface area contributed by atoms with E-state index in [1.165, 1.54) is 31.9 Å². The lowest BCUT2D eigenvalue weighted by Crippen LogP contribution is -2.38. The highest BCUT2D eigenvalue weighted by molar-refractivity contribution is 5.96. The normalized spacial score (nSPS) is 19.0. The molecule has 0 aromatic carbocycles. The van der Waals surface area contributed by atoms with Crippen molar-refractivity contribution in [2.45, 2.75) is 45.1 Å². The van der Waals surface area contributed by atoms with E-state index < -0.39 is 5.91 Å². The van der Waals surface area contributed by atoms with Crippen LogP contribution < -0.4 is 11.1 Å². The number of nitrogens with one attached hydrogen (secondary N) is 2. The number of unbranched alkanes of at least 4 members (excludes halogenated alkanes) is 1. The second-order valence-corrected chi connectivity index (χ2v) is 5.99. The number of aromatic nitrogens is 1. The van der Waals surface area contributed by atoms with E-state index in [0.29, 0.717) is 18.3 Å². The van der Waals surface area contributed by atoms with Gasteiger partial charge in [-0.1, -0.05) is 6.42 Å². The summed E-state index contributed by atoms with van der Waals surface area (Å²) in [5, 5.41) is 2.86. The molecule has 6 heteroatoms. The van der Waals surface area contributed by atoms with Crippen LogP contribution in [0.4, 0.5) is 0 Å². The van der Waals surface area contributed by atoms with Crippen molar-refractivity contribution in [3.05, 3.63) is 23.5 Å². The van der Waals surface area contributed by atoms with E-state index in [1.54, 1.807) is 6.07 Å². The van der Waals surface area contributed by atoms with Gasteiger partial charge in [-0.05, 0) is 57.8 Å². The van der Waals surface area contributed by atoms with Gasteiger partial charge in [0.1, 0.15) is 11.4 Å². The average Bonchev–Trinajstić information content (AvgIpc) is 2.98. The summed E-state index contributed by atoms with van der Waals surface area (Å²) < 4.78 is 0. The summed E-state index contributed by atoms with van der Waals surface area (Å²) in [6, 6.07) is 3.79. The highest BCUT2D eigenvalue weighted by Crippen LogP contribution is 2.16. The fourth-order valence-corrected chi connectivity index (χ4v) is 2.90. The summed E-state index contributed by atoms with van der Waals surface area (Å²) in [5.74, 6) is -0.756. The lowest BCUT2D eigenvalue weighted by Gasteiger charge is -2.33. The first-order valence-corrected chi connectivity index (χ1v) is 8.09. The molecule has 22 heavy (non-hydrogen) atoms. The highest BCUT2D eigenvalue weighted by Gasteiger charge is 2.17. The first kappa shape index (κ1) is 16.5. The minimum atomic E-state index is -0.560. The Morgan fingerprint density at radius 2 is 2.09 bits per heavy atom. The van der Waals surface area contributed by atoms with Crippen molar-refractivity contribution in [2.24, 2.45) is 5.73 Å². The van der Waals surface area contributed by atoms with Gasteiger partial charge in [0, 0.05) is 12.6 Å². The quantitative estimate of drug-likeness (QED) is 0.667. The number of nitrogens with two attached hydrogens (primary N) is 1. The second-order valence-electron chi connectivity index (χ2n) is 5.99. The van der Waals surface area contributed by atoms with E-state index in [4.69, 9.17) is 5.73 Å². The lowest BCUT2D eigenvalue weighted by atomic mass is 10.0. The monoisotopic (exact) mass is 306 g/mol. The van der Waals surface area contributed by atoms with Crippen LogP contribution in [-0.4, -0.2) is 47.4 Å². The van der Waals surface area contributed by atoms with Gasteiger partial charge in [-0.3, -0.25) is 9.59 Å². The predicted octanol–water partition coefficient (Wildman–Crippen LogP) is 1.50. The summed E-state index contributed by atoms with van der Waals surface area (Å²) in [5.41, 5.74) is 5.77. The number of carbonyl (C=O) groups is 2.